The summed E-state index contributed by atoms with van der Waals surface area (Å²) in [7, 11) is 0. The van der Waals surface area contributed by atoms with Gasteiger partial charge < -0.3 is 0 Å². The smallest absolute Gasteiger partial charge is 0.240 e. The molecule has 0 aliphatic heterocycles. The van der Waals surface area contributed by atoms with Crippen LogP contribution in [0.25, 0.3) is 0 Å². The number of carbonyl (C=O) groups is 1. The second kappa shape index (κ2) is 8.73. The summed E-state index contributed by atoms with van der Waals surface area (Å²) in [6, 6.07) is 0. The number of unbranched alkanes of at least 4 members (excludes halogenated alkanes) is 2. The number of amides is 1. The molecule has 0 aromatic rings. The van der Waals surface area contributed by atoms with Crippen molar-refractivity contribution in [3.8, 4) is 0 Å². The maximum absolute atomic E-state index is 11.2. The number of nitrogens with zero attached hydrogens (tertiary/aromatic N) is 1. The Morgan fingerprint density at radius 2 is 1.86 bits per heavy atom. The molecule has 0 bridgehead atoms. The van der Waals surface area contributed by atoms with E-state index in [1.54, 1.807) is 0 Å². The minimum Gasteiger partial charge on any atom is -0.273 e. The third-order valence-corrected chi connectivity index (χ3v) is 1.99. The van der Waals surface area contributed by atoms with Crippen molar-refractivity contribution >= 4 is 11.6 Å². The molecule has 0 saturated heterocycles. The fourth-order valence-electron chi connectivity index (χ4n) is 1.17. The molecular formula is C11H22N2O. The van der Waals surface area contributed by atoms with Crippen LogP contribution in [0.4, 0.5) is 0 Å². The van der Waals surface area contributed by atoms with Crippen LogP contribution in [0.5, 0.6) is 0 Å². The quantitative estimate of drug-likeness (QED) is 0.381. The number of carbonyl (C=O) groups excluding carboxylic acids is 1. The van der Waals surface area contributed by atoms with Gasteiger partial charge in [0, 0.05) is 12.1 Å². The summed E-state index contributed by atoms with van der Waals surface area (Å²) >= 11 is 0. The fraction of sp³-hybridized carbons (Fsp3) is 0.818. The molecule has 0 saturated carbocycles. The summed E-state index contributed by atoms with van der Waals surface area (Å²) in [6.45, 7) is 6.17. The highest BCUT2D eigenvalue weighted by molar-refractivity contribution is 5.84. The van der Waals surface area contributed by atoms with E-state index in [2.05, 4.69) is 24.4 Å². The molecular weight excluding hydrogens is 176 g/mol. The van der Waals surface area contributed by atoms with Crippen molar-refractivity contribution in [2.75, 3.05) is 0 Å². The molecule has 3 heteroatoms. The summed E-state index contributed by atoms with van der Waals surface area (Å²) in [5, 5.41) is 4.01. The van der Waals surface area contributed by atoms with Crippen molar-refractivity contribution in [1.82, 2.24) is 5.43 Å². The third-order valence-electron chi connectivity index (χ3n) is 1.99. The molecule has 1 N–H and O–H groups in total. The maximum Gasteiger partial charge on any atom is 0.240 e. The van der Waals surface area contributed by atoms with E-state index in [1.165, 1.54) is 0 Å². The lowest BCUT2D eigenvalue weighted by Crippen LogP contribution is -2.18. The van der Waals surface area contributed by atoms with Crippen LogP contribution < -0.4 is 5.43 Å². The van der Waals surface area contributed by atoms with E-state index >= 15 is 0 Å². The zero-order valence-electron chi connectivity index (χ0n) is 9.60. The van der Waals surface area contributed by atoms with Crippen molar-refractivity contribution < 1.29 is 4.79 Å². The summed E-state index contributed by atoms with van der Waals surface area (Å²) in [5.41, 5.74) is 3.57. The number of rotatable bonds is 7. The molecule has 0 unspecified atom stereocenters. The average Bonchev–Trinajstić information content (AvgIpc) is 2.16. The van der Waals surface area contributed by atoms with E-state index in [1.807, 2.05) is 6.92 Å². The lowest BCUT2D eigenvalue weighted by Gasteiger charge is -2.00. The van der Waals surface area contributed by atoms with Crippen molar-refractivity contribution in [2.45, 2.75) is 59.3 Å². The van der Waals surface area contributed by atoms with Gasteiger partial charge in [0.25, 0.3) is 0 Å². The molecule has 14 heavy (non-hydrogen) atoms. The van der Waals surface area contributed by atoms with E-state index in [9.17, 15) is 4.79 Å². The van der Waals surface area contributed by atoms with Crippen LogP contribution in [0.1, 0.15) is 59.3 Å². The zero-order chi connectivity index (χ0) is 10.8. The molecule has 0 aromatic heterocycles. The van der Waals surface area contributed by atoms with Gasteiger partial charge in [-0.25, -0.2) is 5.43 Å². The summed E-state index contributed by atoms with van der Waals surface area (Å²) < 4.78 is 0. The first-order chi connectivity index (χ1) is 6.70. The largest absolute Gasteiger partial charge is 0.273 e. The van der Waals surface area contributed by atoms with Crippen LogP contribution in [0.2, 0.25) is 0 Å². The van der Waals surface area contributed by atoms with E-state index < -0.39 is 0 Å². The van der Waals surface area contributed by atoms with Gasteiger partial charge in [-0.1, -0.05) is 33.1 Å². The van der Waals surface area contributed by atoms with Crippen LogP contribution in [0.15, 0.2) is 5.10 Å². The van der Waals surface area contributed by atoms with Crippen LogP contribution in [-0.2, 0) is 4.79 Å². The van der Waals surface area contributed by atoms with Crippen molar-refractivity contribution in [3.63, 3.8) is 0 Å². The fourth-order valence-corrected chi connectivity index (χ4v) is 1.17. The molecule has 0 heterocycles. The minimum absolute atomic E-state index is 0.0360. The SMILES string of the molecule is CCCCCC(=O)NN=C(C)CCC. The van der Waals surface area contributed by atoms with Crippen LogP contribution in [-0.4, -0.2) is 11.6 Å². The molecule has 0 rings (SSSR count). The van der Waals surface area contributed by atoms with Gasteiger partial charge in [-0.05, 0) is 19.8 Å². The summed E-state index contributed by atoms with van der Waals surface area (Å²) in [6.07, 6.45) is 5.84. The van der Waals surface area contributed by atoms with Gasteiger partial charge >= 0.3 is 0 Å². The molecule has 0 aliphatic carbocycles. The Hall–Kier alpha value is -0.860. The van der Waals surface area contributed by atoms with Crippen molar-refractivity contribution in [1.29, 1.82) is 0 Å². The Balaban J connectivity index is 3.56. The van der Waals surface area contributed by atoms with Gasteiger partial charge in [0.15, 0.2) is 0 Å². The lowest BCUT2D eigenvalue weighted by molar-refractivity contribution is -0.121. The van der Waals surface area contributed by atoms with Gasteiger partial charge in [-0.2, -0.15) is 5.10 Å². The molecule has 82 valence electrons. The maximum atomic E-state index is 11.2. The standard InChI is InChI=1S/C11H22N2O/c1-4-6-7-9-11(14)13-12-10(3)8-5-2/h4-9H2,1-3H3,(H,13,14). The second-order valence-electron chi connectivity index (χ2n) is 3.59. The Morgan fingerprint density at radius 3 is 2.43 bits per heavy atom. The average molecular weight is 198 g/mol. The predicted molar refractivity (Wildman–Crippen MR) is 60.3 cm³/mol. The molecule has 0 aliphatic rings. The highest BCUT2D eigenvalue weighted by atomic mass is 16.2. The van der Waals surface area contributed by atoms with Gasteiger partial charge in [-0.15, -0.1) is 0 Å². The van der Waals surface area contributed by atoms with Gasteiger partial charge in [0.05, 0.1) is 0 Å². The van der Waals surface area contributed by atoms with E-state index in [0.29, 0.717) is 6.42 Å². The number of nitrogens with one attached hydrogen (secondary N) is 1. The molecule has 3 nitrogen and oxygen atoms in total. The van der Waals surface area contributed by atoms with Crippen molar-refractivity contribution in [3.05, 3.63) is 0 Å². The highest BCUT2D eigenvalue weighted by Gasteiger charge is 1.98. The van der Waals surface area contributed by atoms with E-state index in [0.717, 1.165) is 37.8 Å². The lowest BCUT2D eigenvalue weighted by atomic mass is 10.2. The van der Waals surface area contributed by atoms with E-state index in [-0.39, 0.29) is 5.91 Å². The zero-order valence-corrected chi connectivity index (χ0v) is 9.60. The molecule has 0 fully saturated rings. The minimum atomic E-state index is 0.0360. The summed E-state index contributed by atoms with van der Waals surface area (Å²) in [4.78, 5) is 11.2. The highest BCUT2D eigenvalue weighted by Crippen LogP contribution is 1.98. The Kier molecular flexibility index (Phi) is 8.19. The molecule has 0 spiro atoms. The van der Waals surface area contributed by atoms with Gasteiger partial charge in [0.2, 0.25) is 5.91 Å². The Labute approximate surface area is 87.0 Å². The van der Waals surface area contributed by atoms with Crippen LogP contribution in [0.3, 0.4) is 0 Å². The molecule has 0 radical (unpaired) electrons. The van der Waals surface area contributed by atoms with Gasteiger partial charge in [0.1, 0.15) is 0 Å². The summed E-state index contributed by atoms with van der Waals surface area (Å²) in [5.74, 6) is 0.0360. The van der Waals surface area contributed by atoms with Crippen LogP contribution in [0, 0.1) is 0 Å². The monoisotopic (exact) mass is 198 g/mol. The first-order valence-electron chi connectivity index (χ1n) is 5.52. The van der Waals surface area contributed by atoms with Crippen LogP contribution >= 0.6 is 0 Å². The molecule has 1 amide bonds. The molecule has 0 atom stereocenters. The van der Waals surface area contributed by atoms with Gasteiger partial charge in [-0.3, -0.25) is 4.79 Å². The Morgan fingerprint density at radius 1 is 1.14 bits per heavy atom. The van der Waals surface area contributed by atoms with E-state index in [4.69, 9.17) is 0 Å². The first kappa shape index (κ1) is 13.1. The predicted octanol–water partition coefficient (Wildman–Crippen LogP) is 2.86. The Bertz CT molecular complexity index is 188. The molecule has 0 aromatic carbocycles. The second-order valence-corrected chi connectivity index (χ2v) is 3.59. The number of hydrogen-bond donors (Lipinski definition) is 1. The topological polar surface area (TPSA) is 41.5 Å². The van der Waals surface area contributed by atoms with Crippen molar-refractivity contribution in [2.24, 2.45) is 5.10 Å². The number of hydrogen-bond acceptors (Lipinski definition) is 2. The third kappa shape index (κ3) is 7.77. The number of hydrazone groups is 1. The normalized spacial score (nSPS) is 11.5. The first-order valence-corrected chi connectivity index (χ1v) is 5.52.